The van der Waals surface area contributed by atoms with E-state index >= 15 is 0 Å². The maximum Gasteiger partial charge on any atom is 0.231 e. The van der Waals surface area contributed by atoms with Crippen LogP contribution in [-0.2, 0) is 0 Å². The van der Waals surface area contributed by atoms with Gasteiger partial charge in [-0.3, -0.25) is 4.79 Å². The lowest BCUT2D eigenvalue weighted by atomic mass is 10.1. The molecule has 0 saturated heterocycles. The smallest absolute Gasteiger partial charge is 0.231 e. The van der Waals surface area contributed by atoms with Crippen molar-refractivity contribution in [1.29, 1.82) is 0 Å². The van der Waals surface area contributed by atoms with Gasteiger partial charge in [-0.05, 0) is 18.2 Å². The molecule has 0 fully saturated rings. The number of fused-ring (bicyclic) bond motifs is 1. The van der Waals surface area contributed by atoms with Crippen molar-refractivity contribution in [3.05, 3.63) is 23.8 Å². The van der Waals surface area contributed by atoms with Crippen LogP contribution in [0.2, 0.25) is 0 Å². The van der Waals surface area contributed by atoms with Crippen LogP contribution in [0.3, 0.4) is 0 Å². The van der Waals surface area contributed by atoms with Crippen LogP contribution < -0.4 is 14.8 Å². The van der Waals surface area contributed by atoms with Crippen molar-refractivity contribution in [3.63, 3.8) is 0 Å². The predicted molar refractivity (Wildman–Crippen MR) is 55.7 cm³/mol. The molecule has 0 aliphatic carbocycles. The highest BCUT2D eigenvalue weighted by molar-refractivity contribution is 5.98. The van der Waals surface area contributed by atoms with Crippen molar-refractivity contribution >= 4 is 5.78 Å². The minimum atomic E-state index is -0.478. The second-order valence-corrected chi connectivity index (χ2v) is 3.36. The lowest BCUT2D eigenvalue weighted by Crippen LogP contribution is -2.24. The molecule has 2 rings (SSSR count). The summed E-state index contributed by atoms with van der Waals surface area (Å²) >= 11 is 0. The van der Waals surface area contributed by atoms with E-state index in [1.54, 1.807) is 18.2 Å². The number of alkyl halides is 1. The standard InChI is InChI=1S/C11H12FNO3/c12-3-4-13-6-9(14)8-1-2-10-11(5-8)16-7-15-10/h1-2,5,13H,3-4,6-7H2. The van der Waals surface area contributed by atoms with Gasteiger partial charge in [0.05, 0.1) is 6.54 Å². The third kappa shape index (κ3) is 2.30. The summed E-state index contributed by atoms with van der Waals surface area (Å²) in [5, 5.41) is 2.70. The topological polar surface area (TPSA) is 47.6 Å². The number of halogens is 1. The maximum atomic E-state index is 11.8. The number of carbonyl (C=O) groups excluding carboxylic acids is 1. The molecule has 0 atom stereocenters. The van der Waals surface area contributed by atoms with Gasteiger partial charge in [-0.2, -0.15) is 0 Å². The number of hydrogen-bond acceptors (Lipinski definition) is 4. The zero-order valence-corrected chi connectivity index (χ0v) is 8.66. The molecule has 86 valence electrons. The third-order valence-electron chi connectivity index (χ3n) is 2.25. The van der Waals surface area contributed by atoms with Crippen molar-refractivity contribution in [2.75, 3.05) is 26.6 Å². The lowest BCUT2D eigenvalue weighted by Gasteiger charge is -2.03. The fourth-order valence-electron chi connectivity index (χ4n) is 1.44. The van der Waals surface area contributed by atoms with E-state index in [0.29, 0.717) is 17.1 Å². The first-order valence-electron chi connectivity index (χ1n) is 5.01. The Hall–Kier alpha value is -1.62. The van der Waals surface area contributed by atoms with Crippen LogP contribution in [0.25, 0.3) is 0 Å². The summed E-state index contributed by atoms with van der Waals surface area (Å²) in [5.41, 5.74) is 0.538. The molecule has 1 heterocycles. The minimum Gasteiger partial charge on any atom is -0.454 e. The number of hydrogen-bond donors (Lipinski definition) is 1. The Bertz CT molecular complexity index is 395. The second kappa shape index (κ2) is 4.94. The van der Waals surface area contributed by atoms with Gasteiger partial charge in [0.1, 0.15) is 6.67 Å². The van der Waals surface area contributed by atoms with Crippen molar-refractivity contribution in [1.82, 2.24) is 5.32 Å². The maximum absolute atomic E-state index is 11.8. The van der Waals surface area contributed by atoms with Gasteiger partial charge in [0, 0.05) is 12.1 Å². The SMILES string of the molecule is O=C(CNCCF)c1ccc2c(c1)OCO2. The molecule has 0 radical (unpaired) electrons. The third-order valence-corrected chi connectivity index (χ3v) is 2.25. The minimum absolute atomic E-state index is 0.0910. The molecule has 1 aromatic rings. The molecule has 0 spiro atoms. The van der Waals surface area contributed by atoms with Crippen LogP contribution in [0.15, 0.2) is 18.2 Å². The number of ketones is 1. The van der Waals surface area contributed by atoms with E-state index in [2.05, 4.69) is 5.32 Å². The molecule has 0 aromatic heterocycles. The Morgan fingerprint density at radius 1 is 1.38 bits per heavy atom. The molecule has 4 nitrogen and oxygen atoms in total. The van der Waals surface area contributed by atoms with Crippen molar-refractivity contribution < 1.29 is 18.7 Å². The second-order valence-electron chi connectivity index (χ2n) is 3.36. The summed E-state index contributed by atoms with van der Waals surface area (Å²) in [6.07, 6.45) is 0. The van der Waals surface area contributed by atoms with E-state index in [4.69, 9.17) is 9.47 Å². The molecular formula is C11H12FNO3. The summed E-state index contributed by atoms with van der Waals surface area (Å²) < 4.78 is 22.1. The average molecular weight is 225 g/mol. The molecule has 0 bridgehead atoms. The lowest BCUT2D eigenvalue weighted by molar-refractivity contribution is 0.0990. The summed E-state index contributed by atoms with van der Waals surface area (Å²) in [6, 6.07) is 5.01. The zero-order chi connectivity index (χ0) is 11.4. The first-order chi connectivity index (χ1) is 7.81. The molecule has 1 aliphatic rings. The summed E-state index contributed by atoms with van der Waals surface area (Å²) in [4.78, 5) is 11.6. The van der Waals surface area contributed by atoms with Crippen LogP contribution in [0, 0.1) is 0 Å². The molecule has 1 N–H and O–H groups in total. The fraction of sp³-hybridized carbons (Fsp3) is 0.364. The quantitative estimate of drug-likeness (QED) is 0.603. The molecule has 1 aromatic carbocycles. The Kier molecular flexibility index (Phi) is 3.36. The van der Waals surface area contributed by atoms with Crippen molar-refractivity contribution in [3.8, 4) is 11.5 Å². The molecule has 0 saturated carbocycles. The molecule has 16 heavy (non-hydrogen) atoms. The summed E-state index contributed by atoms with van der Waals surface area (Å²) in [7, 11) is 0. The molecule has 0 amide bonds. The first kappa shape index (κ1) is 10.9. The Morgan fingerprint density at radius 2 is 2.19 bits per heavy atom. The predicted octanol–water partition coefficient (Wildman–Crippen LogP) is 1.16. The van der Waals surface area contributed by atoms with E-state index in [9.17, 15) is 9.18 Å². The van der Waals surface area contributed by atoms with Gasteiger partial charge in [-0.1, -0.05) is 0 Å². The number of rotatable bonds is 5. The van der Waals surface area contributed by atoms with Gasteiger partial charge in [0.2, 0.25) is 6.79 Å². The van der Waals surface area contributed by atoms with E-state index in [1.807, 2.05) is 0 Å². The van der Waals surface area contributed by atoms with Crippen LogP contribution in [-0.4, -0.2) is 32.3 Å². The highest BCUT2D eigenvalue weighted by Gasteiger charge is 2.15. The highest BCUT2D eigenvalue weighted by atomic mass is 19.1. The van der Waals surface area contributed by atoms with E-state index in [0.717, 1.165) is 0 Å². The number of Topliss-reactive ketones (excluding diaryl/α,β-unsaturated/α-hetero) is 1. The van der Waals surface area contributed by atoms with E-state index in [1.165, 1.54) is 0 Å². The van der Waals surface area contributed by atoms with Gasteiger partial charge in [0.15, 0.2) is 17.3 Å². The van der Waals surface area contributed by atoms with E-state index < -0.39 is 6.67 Å². The molecule has 5 heteroatoms. The molecule has 1 aliphatic heterocycles. The van der Waals surface area contributed by atoms with Crippen LogP contribution in [0.4, 0.5) is 4.39 Å². The van der Waals surface area contributed by atoms with Gasteiger partial charge in [-0.25, -0.2) is 4.39 Å². The first-order valence-corrected chi connectivity index (χ1v) is 5.01. The fourth-order valence-corrected chi connectivity index (χ4v) is 1.44. The Labute approximate surface area is 92.4 Å². The van der Waals surface area contributed by atoms with E-state index in [-0.39, 0.29) is 25.7 Å². The molecule has 0 unspecified atom stereocenters. The largest absolute Gasteiger partial charge is 0.454 e. The Balaban J connectivity index is 2.01. The van der Waals surface area contributed by atoms with Gasteiger partial charge < -0.3 is 14.8 Å². The highest BCUT2D eigenvalue weighted by Crippen LogP contribution is 2.32. The summed E-state index contributed by atoms with van der Waals surface area (Å²) in [5.74, 6) is 1.14. The number of benzene rings is 1. The number of ether oxygens (including phenoxy) is 2. The summed E-state index contributed by atoms with van der Waals surface area (Å²) in [6.45, 7) is 0.0291. The van der Waals surface area contributed by atoms with Gasteiger partial charge in [0.25, 0.3) is 0 Å². The zero-order valence-electron chi connectivity index (χ0n) is 8.66. The van der Waals surface area contributed by atoms with Crippen molar-refractivity contribution in [2.45, 2.75) is 0 Å². The van der Waals surface area contributed by atoms with Crippen LogP contribution >= 0.6 is 0 Å². The Morgan fingerprint density at radius 3 is 3.00 bits per heavy atom. The normalized spacial score (nSPS) is 12.8. The number of nitrogens with one attached hydrogen (secondary N) is 1. The van der Waals surface area contributed by atoms with Crippen LogP contribution in [0.5, 0.6) is 11.5 Å². The van der Waals surface area contributed by atoms with Gasteiger partial charge in [-0.15, -0.1) is 0 Å². The number of carbonyl (C=O) groups is 1. The van der Waals surface area contributed by atoms with Crippen LogP contribution in [0.1, 0.15) is 10.4 Å². The monoisotopic (exact) mass is 225 g/mol. The van der Waals surface area contributed by atoms with Crippen molar-refractivity contribution in [2.24, 2.45) is 0 Å². The molecular weight excluding hydrogens is 213 g/mol. The average Bonchev–Trinajstić information content (AvgIpc) is 2.76. The van der Waals surface area contributed by atoms with Gasteiger partial charge >= 0.3 is 0 Å².